The van der Waals surface area contributed by atoms with Gasteiger partial charge in [-0.2, -0.15) is 0 Å². The summed E-state index contributed by atoms with van der Waals surface area (Å²) in [6.07, 6.45) is 4.86. The molecular weight excluding hydrogens is 316 g/mol. The number of likely N-dealkylation sites (N-methyl/N-ethyl adjacent to an activating group) is 1. The lowest BCUT2D eigenvalue weighted by atomic mass is 10.1. The lowest BCUT2D eigenvalue weighted by Gasteiger charge is -2.25. The molecule has 3 N–H and O–H groups in total. The Morgan fingerprint density at radius 2 is 1.80 bits per heavy atom. The van der Waals surface area contributed by atoms with Crippen molar-refractivity contribution in [3.05, 3.63) is 35.9 Å². The molecule has 0 aliphatic heterocycles. The van der Waals surface area contributed by atoms with Crippen LogP contribution in [0.25, 0.3) is 0 Å². The third kappa shape index (κ3) is 6.74. The normalized spacial score (nSPS) is 15.8. The number of rotatable bonds is 8. The second kappa shape index (κ2) is 10.0. The summed E-state index contributed by atoms with van der Waals surface area (Å²) < 4.78 is 0. The molecule has 1 aliphatic carbocycles. The van der Waals surface area contributed by atoms with Gasteiger partial charge in [-0.3, -0.25) is 4.79 Å². The molecule has 1 aromatic rings. The largest absolute Gasteiger partial charge is 0.353 e. The van der Waals surface area contributed by atoms with E-state index in [1.807, 2.05) is 32.3 Å². The summed E-state index contributed by atoms with van der Waals surface area (Å²) in [5.74, 6) is 0.0163. The van der Waals surface area contributed by atoms with Crippen LogP contribution < -0.4 is 16.0 Å². The maximum Gasteiger partial charge on any atom is 0.314 e. The highest BCUT2D eigenvalue weighted by Gasteiger charge is 2.17. The Hall–Kier alpha value is -2.08. The molecule has 0 bridgehead atoms. The fraction of sp³-hybridized carbons (Fsp3) is 0.579. The summed E-state index contributed by atoms with van der Waals surface area (Å²) in [6, 6.07) is 10.3. The van der Waals surface area contributed by atoms with Crippen molar-refractivity contribution >= 4 is 11.9 Å². The van der Waals surface area contributed by atoms with E-state index < -0.39 is 0 Å². The first-order chi connectivity index (χ1) is 12.1. The highest BCUT2D eigenvalue weighted by Crippen LogP contribution is 2.17. The molecule has 0 heterocycles. The van der Waals surface area contributed by atoms with Crippen LogP contribution in [0.2, 0.25) is 0 Å². The Kier molecular flexibility index (Phi) is 7.73. The van der Waals surface area contributed by atoms with E-state index in [0.717, 1.165) is 18.4 Å². The zero-order valence-electron chi connectivity index (χ0n) is 15.3. The van der Waals surface area contributed by atoms with Gasteiger partial charge in [-0.05, 0) is 32.5 Å². The van der Waals surface area contributed by atoms with Crippen LogP contribution in [0, 0.1) is 0 Å². The van der Waals surface area contributed by atoms with Crippen molar-refractivity contribution in [1.82, 2.24) is 20.9 Å². The number of nitrogens with zero attached hydrogens (tertiary/aromatic N) is 1. The molecule has 2 rings (SSSR count). The number of hydrogen-bond acceptors (Lipinski definition) is 3. The molecule has 25 heavy (non-hydrogen) atoms. The van der Waals surface area contributed by atoms with Crippen LogP contribution in [0.15, 0.2) is 30.3 Å². The van der Waals surface area contributed by atoms with E-state index in [-0.39, 0.29) is 18.0 Å². The maximum atomic E-state index is 12.0. The van der Waals surface area contributed by atoms with E-state index in [0.29, 0.717) is 25.6 Å². The number of nitrogens with one attached hydrogen (secondary N) is 3. The van der Waals surface area contributed by atoms with Crippen LogP contribution in [-0.2, 0) is 4.79 Å². The lowest BCUT2D eigenvalue weighted by molar-refractivity contribution is -0.121. The van der Waals surface area contributed by atoms with E-state index in [2.05, 4.69) is 33.0 Å². The maximum absolute atomic E-state index is 12.0. The number of hydrogen-bond donors (Lipinski definition) is 3. The van der Waals surface area contributed by atoms with Crippen LogP contribution in [-0.4, -0.2) is 50.1 Å². The average Bonchev–Trinajstić information content (AvgIpc) is 3.08. The number of carbonyl (C=O) groups excluding carboxylic acids is 2. The molecule has 1 aliphatic rings. The summed E-state index contributed by atoms with van der Waals surface area (Å²) in [5.41, 5.74) is 1.16. The van der Waals surface area contributed by atoms with Crippen LogP contribution in [0.1, 0.15) is 43.7 Å². The Bertz CT molecular complexity index is 542. The van der Waals surface area contributed by atoms with Gasteiger partial charge in [0.2, 0.25) is 5.91 Å². The smallest absolute Gasteiger partial charge is 0.314 e. The van der Waals surface area contributed by atoms with Gasteiger partial charge in [0, 0.05) is 25.6 Å². The van der Waals surface area contributed by atoms with E-state index in [1.165, 1.54) is 12.8 Å². The van der Waals surface area contributed by atoms with Gasteiger partial charge in [0.1, 0.15) is 0 Å². The first-order valence-electron chi connectivity index (χ1n) is 9.08. The van der Waals surface area contributed by atoms with Crippen molar-refractivity contribution < 1.29 is 9.59 Å². The molecule has 6 nitrogen and oxygen atoms in total. The van der Waals surface area contributed by atoms with Crippen LogP contribution in [0.5, 0.6) is 0 Å². The first-order valence-corrected chi connectivity index (χ1v) is 9.08. The highest BCUT2D eigenvalue weighted by atomic mass is 16.2. The predicted molar refractivity (Wildman–Crippen MR) is 99.3 cm³/mol. The van der Waals surface area contributed by atoms with Gasteiger partial charge in [-0.1, -0.05) is 43.2 Å². The molecule has 1 unspecified atom stereocenters. The molecule has 6 heteroatoms. The van der Waals surface area contributed by atoms with Crippen molar-refractivity contribution in [2.24, 2.45) is 0 Å². The second-order valence-electron chi connectivity index (χ2n) is 6.83. The Labute approximate surface area is 150 Å². The summed E-state index contributed by atoms with van der Waals surface area (Å²) in [7, 11) is 3.98. The van der Waals surface area contributed by atoms with Crippen molar-refractivity contribution in [1.29, 1.82) is 0 Å². The minimum atomic E-state index is -0.239. The zero-order chi connectivity index (χ0) is 18.1. The number of benzene rings is 1. The molecule has 1 fully saturated rings. The molecule has 0 radical (unpaired) electrons. The van der Waals surface area contributed by atoms with Crippen molar-refractivity contribution in [2.75, 3.05) is 27.2 Å². The minimum absolute atomic E-state index is 0.0163. The van der Waals surface area contributed by atoms with Crippen LogP contribution >= 0.6 is 0 Å². The fourth-order valence-corrected chi connectivity index (χ4v) is 3.19. The Morgan fingerprint density at radius 3 is 2.44 bits per heavy atom. The van der Waals surface area contributed by atoms with Gasteiger partial charge in [0.25, 0.3) is 0 Å². The number of amides is 3. The molecule has 3 amide bonds. The lowest BCUT2D eigenvalue weighted by Crippen LogP contribution is -2.42. The molecule has 1 atom stereocenters. The molecule has 138 valence electrons. The third-order valence-electron chi connectivity index (χ3n) is 4.62. The van der Waals surface area contributed by atoms with Gasteiger partial charge in [-0.15, -0.1) is 0 Å². The van der Waals surface area contributed by atoms with Gasteiger partial charge < -0.3 is 20.9 Å². The SMILES string of the molecule is CN(C)C(CNC(=O)NCCC(=O)NC1CCCC1)c1ccccc1. The summed E-state index contributed by atoms with van der Waals surface area (Å²) in [4.78, 5) is 25.9. The van der Waals surface area contributed by atoms with Crippen molar-refractivity contribution in [2.45, 2.75) is 44.2 Å². The van der Waals surface area contributed by atoms with Crippen LogP contribution in [0.3, 0.4) is 0 Å². The molecule has 1 aromatic carbocycles. The van der Waals surface area contributed by atoms with E-state index >= 15 is 0 Å². The summed E-state index contributed by atoms with van der Waals surface area (Å²) in [6.45, 7) is 0.861. The monoisotopic (exact) mass is 346 g/mol. The van der Waals surface area contributed by atoms with E-state index in [1.54, 1.807) is 0 Å². The average molecular weight is 346 g/mol. The standard InChI is InChI=1S/C19H30N4O2/c1-23(2)17(15-8-4-3-5-9-15)14-21-19(25)20-13-12-18(24)22-16-10-6-7-11-16/h3-5,8-9,16-17H,6-7,10-14H2,1-2H3,(H,22,24)(H2,20,21,25). The summed E-state index contributed by atoms with van der Waals surface area (Å²) in [5, 5.41) is 8.66. The third-order valence-corrected chi connectivity index (χ3v) is 4.62. The molecule has 0 aromatic heterocycles. The van der Waals surface area contributed by atoms with E-state index in [9.17, 15) is 9.59 Å². The highest BCUT2D eigenvalue weighted by molar-refractivity contribution is 5.78. The second-order valence-corrected chi connectivity index (χ2v) is 6.83. The van der Waals surface area contributed by atoms with Gasteiger partial charge in [0.05, 0.1) is 6.04 Å². The van der Waals surface area contributed by atoms with Crippen molar-refractivity contribution in [3.8, 4) is 0 Å². The van der Waals surface area contributed by atoms with Crippen LogP contribution in [0.4, 0.5) is 4.79 Å². The predicted octanol–water partition coefficient (Wildman–Crippen LogP) is 2.04. The molecular formula is C19H30N4O2. The molecule has 0 saturated heterocycles. The minimum Gasteiger partial charge on any atom is -0.353 e. The van der Waals surface area contributed by atoms with Gasteiger partial charge in [0.15, 0.2) is 0 Å². The Morgan fingerprint density at radius 1 is 1.12 bits per heavy atom. The van der Waals surface area contributed by atoms with E-state index in [4.69, 9.17) is 0 Å². The Balaban J connectivity index is 1.66. The topological polar surface area (TPSA) is 73.5 Å². The zero-order valence-corrected chi connectivity index (χ0v) is 15.3. The quantitative estimate of drug-likeness (QED) is 0.674. The molecule has 0 spiro atoms. The molecule has 1 saturated carbocycles. The van der Waals surface area contributed by atoms with Gasteiger partial charge in [-0.25, -0.2) is 4.79 Å². The first kappa shape index (κ1) is 19.2. The van der Waals surface area contributed by atoms with Gasteiger partial charge >= 0.3 is 6.03 Å². The van der Waals surface area contributed by atoms with Crippen molar-refractivity contribution in [3.63, 3.8) is 0 Å². The fourth-order valence-electron chi connectivity index (χ4n) is 3.19. The number of carbonyl (C=O) groups is 2. The number of urea groups is 1. The summed E-state index contributed by atoms with van der Waals surface area (Å²) >= 11 is 0.